The van der Waals surface area contributed by atoms with Crippen LogP contribution in [0.3, 0.4) is 0 Å². The molecule has 4 aliphatic heterocycles. The topological polar surface area (TPSA) is 6.48 Å². The lowest BCUT2D eigenvalue weighted by Crippen LogP contribution is -2.79. The molecule has 0 atom stereocenters. The number of thiophene rings is 1. The summed E-state index contributed by atoms with van der Waals surface area (Å²) in [5, 5.41) is 8.41. The maximum atomic E-state index is 2.82. The zero-order valence-electron chi connectivity index (χ0n) is 39.9. The molecule has 0 fully saturated rings. The highest BCUT2D eigenvalue weighted by molar-refractivity contribution is 8.05. The molecule has 9 aromatic carbocycles. The van der Waals surface area contributed by atoms with Crippen LogP contribution in [0.25, 0.3) is 31.3 Å². The number of hydrogen-bond donors (Lipinski definition) is 0. The second-order valence-corrected chi connectivity index (χ2v) is 28.4. The maximum absolute atomic E-state index is 2.91. The number of para-hydroxylation sites is 2. The van der Waals surface area contributed by atoms with E-state index >= 15 is 0 Å². The molecule has 2 nitrogen and oxygen atoms in total. The van der Waals surface area contributed by atoms with Crippen molar-refractivity contribution in [1.82, 2.24) is 0 Å². The number of rotatable bonds is 3. The van der Waals surface area contributed by atoms with Gasteiger partial charge in [0.15, 0.2) is 8.07 Å². The lowest BCUT2D eigenvalue weighted by atomic mass is 9.43. The Morgan fingerprint density at radius 2 is 1.13 bits per heavy atom. The SMILES string of the molecule is Cc1cc2c(cc1N1c3cc4c(cc3B3c5c1cc1c(sc6ccccc61)c5-c1cccc5c1N3c1ccccc1[Si]5(c1ccccc1)c1ccccc1)Sc1ccccc1S4)C(C)(C)CCC2(C)C. The fourth-order valence-electron chi connectivity index (χ4n) is 13.4. The highest BCUT2D eigenvalue weighted by atomic mass is 32.2. The summed E-state index contributed by atoms with van der Waals surface area (Å²) in [5.41, 5.74) is 16.5. The van der Waals surface area contributed by atoms with Crippen molar-refractivity contribution in [3.8, 4) is 11.1 Å². The van der Waals surface area contributed by atoms with Gasteiger partial charge in [0, 0.05) is 79.3 Å². The lowest BCUT2D eigenvalue weighted by Gasteiger charge is -2.52. The highest BCUT2D eigenvalue weighted by Gasteiger charge is 2.55. The van der Waals surface area contributed by atoms with Gasteiger partial charge in [-0.25, -0.2) is 0 Å². The predicted molar refractivity (Wildman–Crippen MR) is 305 cm³/mol. The Hall–Kier alpha value is -6.22. The van der Waals surface area contributed by atoms with E-state index in [2.05, 4.69) is 226 Å². The van der Waals surface area contributed by atoms with Gasteiger partial charge in [0.1, 0.15) is 0 Å². The number of aryl methyl sites for hydroxylation is 1. The summed E-state index contributed by atoms with van der Waals surface area (Å²) in [6.45, 7) is 12.2. The quantitative estimate of drug-likeness (QED) is 0.163. The second kappa shape index (κ2) is 14.7. The molecule has 70 heavy (non-hydrogen) atoms. The van der Waals surface area contributed by atoms with Crippen molar-refractivity contribution in [1.29, 1.82) is 0 Å². The number of nitrogens with zero attached hydrogens (tertiary/aromatic N) is 2. The third kappa shape index (κ3) is 5.50. The summed E-state index contributed by atoms with van der Waals surface area (Å²) in [4.78, 5) is 10.9. The first-order chi connectivity index (χ1) is 34.1. The Kier molecular flexibility index (Phi) is 8.71. The molecular weight excluding hydrogens is 920 g/mol. The van der Waals surface area contributed by atoms with E-state index in [0.717, 1.165) is 0 Å². The molecule has 1 aromatic heterocycles. The zero-order chi connectivity index (χ0) is 46.8. The first kappa shape index (κ1) is 41.6. The Morgan fingerprint density at radius 1 is 0.514 bits per heavy atom. The normalized spacial score (nSPS) is 17.0. The van der Waals surface area contributed by atoms with Crippen LogP contribution < -0.4 is 41.4 Å². The van der Waals surface area contributed by atoms with Gasteiger partial charge < -0.3 is 9.71 Å². The maximum Gasteiger partial charge on any atom is 0.333 e. The van der Waals surface area contributed by atoms with Crippen molar-refractivity contribution in [3.05, 3.63) is 199 Å². The molecule has 0 N–H and O–H groups in total. The van der Waals surface area contributed by atoms with Gasteiger partial charge in [0.2, 0.25) is 0 Å². The van der Waals surface area contributed by atoms with Crippen LogP contribution in [0, 0.1) is 6.92 Å². The molecule has 0 saturated heterocycles. The van der Waals surface area contributed by atoms with Crippen LogP contribution in [0.4, 0.5) is 28.4 Å². The van der Waals surface area contributed by atoms with Crippen LogP contribution in [0.1, 0.15) is 57.2 Å². The summed E-state index contributed by atoms with van der Waals surface area (Å²) < 4.78 is 2.72. The van der Waals surface area contributed by atoms with Crippen LogP contribution >= 0.6 is 34.9 Å². The van der Waals surface area contributed by atoms with Gasteiger partial charge >= 0.3 is 6.85 Å². The molecule has 0 radical (unpaired) electrons. The molecule has 0 saturated carbocycles. The van der Waals surface area contributed by atoms with Gasteiger partial charge in [-0.15, -0.1) is 11.3 Å². The molecule has 0 unspecified atom stereocenters. The van der Waals surface area contributed by atoms with Crippen molar-refractivity contribution in [2.75, 3.05) is 9.71 Å². The van der Waals surface area contributed by atoms with Gasteiger partial charge in [-0.2, -0.15) is 0 Å². The Balaban J connectivity index is 1.12. The summed E-state index contributed by atoms with van der Waals surface area (Å²) in [6.07, 6.45) is 2.36. The van der Waals surface area contributed by atoms with Gasteiger partial charge in [0.25, 0.3) is 0 Å². The van der Waals surface area contributed by atoms with Gasteiger partial charge in [-0.05, 0) is 127 Å². The van der Waals surface area contributed by atoms with Gasteiger partial charge in [0.05, 0.1) is 0 Å². The minimum atomic E-state index is -2.91. The van der Waals surface area contributed by atoms with Crippen LogP contribution in [0.2, 0.25) is 0 Å². The third-order valence-electron chi connectivity index (χ3n) is 16.7. The van der Waals surface area contributed by atoms with Gasteiger partial charge in [-0.3, -0.25) is 0 Å². The van der Waals surface area contributed by atoms with Crippen LogP contribution in [-0.2, 0) is 10.8 Å². The van der Waals surface area contributed by atoms with Crippen LogP contribution in [0.5, 0.6) is 0 Å². The van der Waals surface area contributed by atoms with E-state index in [1.165, 1.54) is 141 Å². The van der Waals surface area contributed by atoms with E-state index < -0.39 is 8.07 Å². The van der Waals surface area contributed by atoms with Crippen LogP contribution in [-0.4, -0.2) is 14.9 Å². The molecular formula is C63H49BN2S3Si. The second-order valence-electron chi connectivity index (χ2n) is 21.4. The molecule has 5 heterocycles. The van der Waals surface area contributed by atoms with Crippen molar-refractivity contribution in [2.24, 2.45) is 0 Å². The standard InChI is InChI=1S/C63H49BN2S3Si/c1-38-33-44-45(63(4,5)32-31-62(44,2)3)35-48(38)65-49-37-55-54(67-52-27-15-16-28-53(52)68-55)36-46(49)64-59-50(65)34-43-41-23-12-14-26-51(41)69-61(43)58(59)42-24-18-30-57-60(42)66(64)47-25-13-17-29-56(47)70(57,39-19-8-6-9-20-39)40-21-10-7-11-22-40/h6-30,33-37H,31-32H2,1-5H3. The first-order valence-corrected chi connectivity index (χ1v) is 29.3. The summed E-state index contributed by atoms with van der Waals surface area (Å²) in [7, 11) is -2.91. The predicted octanol–water partition coefficient (Wildman–Crippen LogP) is 13.7. The largest absolute Gasteiger partial charge is 0.376 e. The molecule has 5 aliphatic rings. The van der Waals surface area contributed by atoms with Crippen LogP contribution in [0.15, 0.2) is 202 Å². The van der Waals surface area contributed by atoms with Crippen molar-refractivity contribution >= 4 is 130 Å². The van der Waals surface area contributed by atoms with Crippen molar-refractivity contribution < 1.29 is 0 Å². The molecule has 336 valence electrons. The highest BCUT2D eigenvalue weighted by Crippen LogP contribution is 2.57. The van der Waals surface area contributed by atoms with E-state index in [1.807, 2.05) is 34.9 Å². The number of anilines is 5. The number of benzene rings is 9. The van der Waals surface area contributed by atoms with E-state index in [-0.39, 0.29) is 17.7 Å². The minimum Gasteiger partial charge on any atom is -0.376 e. The minimum absolute atomic E-state index is 0.0498. The summed E-state index contributed by atoms with van der Waals surface area (Å²) in [6, 6.07) is 71.1. The van der Waals surface area contributed by atoms with E-state index in [9.17, 15) is 0 Å². The van der Waals surface area contributed by atoms with Gasteiger partial charge in [-0.1, -0.05) is 185 Å². The molecule has 0 bridgehead atoms. The van der Waals surface area contributed by atoms with Crippen molar-refractivity contribution in [2.45, 2.75) is 77.9 Å². The molecule has 7 heteroatoms. The Labute approximate surface area is 424 Å². The van der Waals surface area contributed by atoms with E-state index in [4.69, 9.17) is 0 Å². The molecule has 15 rings (SSSR count). The monoisotopic (exact) mass is 968 g/mol. The third-order valence-corrected chi connectivity index (χ3v) is 25.3. The Bertz CT molecular complexity index is 3860. The lowest BCUT2D eigenvalue weighted by molar-refractivity contribution is 0.332. The number of hydrogen-bond acceptors (Lipinski definition) is 5. The zero-order valence-corrected chi connectivity index (χ0v) is 43.4. The molecule has 0 spiro atoms. The average molecular weight is 969 g/mol. The van der Waals surface area contributed by atoms with E-state index in [1.54, 1.807) is 0 Å². The average Bonchev–Trinajstić information content (AvgIpc) is 3.76. The van der Waals surface area contributed by atoms with Crippen molar-refractivity contribution in [3.63, 3.8) is 0 Å². The molecule has 0 amide bonds. The number of fused-ring (bicyclic) bond motifs is 13. The fourth-order valence-corrected chi connectivity index (χ4v) is 22.0. The Morgan fingerprint density at radius 3 is 1.86 bits per heavy atom. The van der Waals surface area contributed by atoms with E-state index in [0.29, 0.717) is 0 Å². The first-order valence-electron chi connectivity index (χ1n) is 24.8. The molecule has 10 aromatic rings. The summed E-state index contributed by atoms with van der Waals surface area (Å²) in [5.74, 6) is 0. The summed E-state index contributed by atoms with van der Waals surface area (Å²) >= 11 is 5.85. The molecule has 1 aliphatic carbocycles. The smallest absolute Gasteiger partial charge is 0.333 e. The fraction of sp³-hybridized carbons (Fsp3) is 0.143.